The zero-order valence-electron chi connectivity index (χ0n) is 134. The number of cyclic esters (lactones) is 6. The van der Waals surface area contributed by atoms with Gasteiger partial charge in [0.05, 0.1) is 69.0 Å². The van der Waals surface area contributed by atoms with E-state index >= 15 is 0 Å². The van der Waals surface area contributed by atoms with Crippen LogP contribution in [0.25, 0.3) is 65.4 Å². The van der Waals surface area contributed by atoms with Crippen LogP contribution in [0, 0.1) is 0 Å². The van der Waals surface area contributed by atoms with Crippen molar-refractivity contribution in [2.24, 2.45) is 0 Å². The van der Waals surface area contributed by atoms with Crippen LogP contribution in [0.3, 0.4) is 0 Å². The van der Waals surface area contributed by atoms with Gasteiger partial charge in [-0.25, -0.2) is 28.8 Å². The molecule has 0 saturated carbocycles. The van der Waals surface area contributed by atoms with Crippen molar-refractivity contribution in [1.82, 2.24) is 91.1 Å². The second kappa shape index (κ2) is 43.7. The molecule has 126 heavy (non-hydrogen) atoms. The van der Waals surface area contributed by atoms with Gasteiger partial charge in [-0.15, -0.1) is 0 Å². The fraction of sp³-hybridized carbons (Fsp3) is 0.438. The first-order valence-corrected chi connectivity index (χ1v) is 37.8. The molecule has 18 rings (SSSR count). The predicted octanol–water partition coefficient (Wildman–Crippen LogP) is 11.5. The lowest BCUT2D eigenvalue weighted by Crippen LogP contribution is -2.28. The Balaban J connectivity index is 0.000000186. The molecule has 12 heterocycles. The average molecular weight is 1790 g/mol. The lowest BCUT2D eigenvalue weighted by molar-refractivity contribution is 0.176. The molecule has 6 saturated heterocycles. The molecule has 6 aliphatic rings. The molecular formula is C96H126N18O12. The van der Waals surface area contributed by atoms with Gasteiger partial charge in [-0.2, -0.15) is 0 Å². The van der Waals surface area contributed by atoms with E-state index in [2.05, 4.69) is 28.4 Å². The molecule has 0 spiro atoms. The van der Waals surface area contributed by atoms with Crippen LogP contribution < -0.4 is 31.9 Å². The first-order chi connectivity index (χ1) is 86.5. The van der Waals surface area contributed by atoms with E-state index in [-0.39, 0.29) is 168 Å². The number of ether oxygens (including phenoxy) is 6. The molecule has 0 radical (unpaired) electrons. The Bertz CT molecular complexity index is 8980. The van der Waals surface area contributed by atoms with Crippen molar-refractivity contribution in [3.8, 4) is 0 Å². The molecule has 6 amide bonds. The Morgan fingerprint density at radius 1 is 0.310 bits per heavy atom. The molecule has 12 N–H and O–H groups in total. The third-order valence-electron chi connectivity index (χ3n) is 18.0. The van der Waals surface area contributed by atoms with Crippen molar-refractivity contribution in [2.75, 3.05) is 163 Å². The first-order valence-electron chi connectivity index (χ1n) is 70.2. The summed E-state index contributed by atoms with van der Waals surface area (Å²) in [6.45, 7) is -44.0. The Hall–Kier alpha value is -12.1. The zero-order chi connectivity index (χ0) is 147. The van der Waals surface area contributed by atoms with Crippen LogP contribution >= 0.6 is 0 Å². The van der Waals surface area contributed by atoms with Gasteiger partial charge >= 0.3 is 36.6 Å². The first kappa shape index (κ1) is 39.4. The summed E-state index contributed by atoms with van der Waals surface area (Å²) in [6.07, 6.45) is -21.8. The maximum absolute atomic E-state index is 11.7. The molecule has 30 nitrogen and oxygen atoms in total. The highest BCUT2D eigenvalue weighted by Crippen LogP contribution is 2.29. The number of carbonyl (C=O) groups excluding carboxylic acids is 6. The highest BCUT2D eigenvalue weighted by atomic mass is 16.6. The van der Waals surface area contributed by atoms with Crippen LogP contribution in [-0.4, -0.2) is 295 Å². The van der Waals surface area contributed by atoms with Crippen molar-refractivity contribution in [2.45, 2.75) is 113 Å². The van der Waals surface area contributed by atoms with Crippen LogP contribution in [0.15, 0.2) is 146 Å². The molecule has 6 aliphatic heterocycles. The van der Waals surface area contributed by atoms with Crippen molar-refractivity contribution in [1.29, 1.82) is 0 Å². The van der Waals surface area contributed by atoms with Crippen LogP contribution in [0.4, 0.5) is 28.8 Å². The molecule has 0 bridgehead atoms. The van der Waals surface area contributed by atoms with E-state index in [0.717, 1.165) is 26.9 Å². The molecule has 6 aromatic heterocycles. The average Bonchev–Trinajstić information content (AvgIpc) is 1.58. The van der Waals surface area contributed by atoms with Crippen molar-refractivity contribution in [3.05, 3.63) is 213 Å². The van der Waals surface area contributed by atoms with Crippen molar-refractivity contribution >= 4 is 102 Å². The number of amides is 6. The summed E-state index contributed by atoms with van der Waals surface area (Å²) in [5.74, 6) is 0. The number of nitrogens with zero attached hydrogens (tertiary/aromatic N) is 6. The van der Waals surface area contributed by atoms with E-state index in [1.165, 1.54) is 115 Å². The Morgan fingerprint density at radius 3 is 0.746 bits per heavy atom. The van der Waals surface area contributed by atoms with Crippen LogP contribution in [0.5, 0.6) is 0 Å². The van der Waals surface area contributed by atoms with Gasteiger partial charge in [0.25, 0.3) is 0 Å². The second-order valence-electron chi connectivity index (χ2n) is 28.2. The van der Waals surface area contributed by atoms with E-state index in [0.29, 0.717) is 58.3 Å². The number of aromatic nitrogens is 6. The van der Waals surface area contributed by atoms with Crippen LogP contribution in [-0.2, 0) is 105 Å². The number of alkyl carbamates (subject to hydrolysis) is 6. The number of hydrogen-bond acceptors (Lipinski definition) is 18. The maximum Gasteiger partial charge on any atom is 0.407 e. The van der Waals surface area contributed by atoms with Crippen LogP contribution in [0.2, 0.25) is 16.9 Å². The fourth-order valence-corrected chi connectivity index (χ4v) is 12.3. The summed E-state index contributed by atoms with van der Waals surface area (Å²) in [4.78, 5) is 78.2. The molecule has 0 aliphatic carbocycles. The molecule has 672 valence electrons. The highest BCUT2D eigenvalue weighted by Gasteiger charge is 2.29. The lowest BCUT2D eigenvalue weighted by atomic mass is 10.0. The molecule has 6 fully saturated rings. The number of rotatable bonds is 30. The summed E-state index contributed by atoms with van der Waals surface area (Å²) in [6, 6.07) is 10.9. The van der Waals surface area contributed by atoms with Crippen LogP contribution in [0.1, 0.15) is 141 Å². The Morgan fingerprint density at radius 2 is 0.524 bits per heavy atom. The van der Waals surface area contributed by atoms with Gasteiger partial charge in [-0.3, -0.25) is 0 Å². The van der Waals surface area contributed by atoms with E-state index in [1.54, 1.807) is 39.2 Å². The number of nitrogens with one attached hydrogen (secondary N) is 12. The molecule has 0 unspecified atom stereocenters. The predicted molar refractivity (Wildman–Crippen MR) is 495 cm³/mol. The highest BCUT2D eigenvalue weighted by molar-refractivity contribution is 5.88. The topological polar surface area (TPSA) is 344 Å². The van der Waals surface area contributed by atoms with Gasteiger partial charge in [0.2, 0.25) is 0 Å². The summed E-state index contributed by atoms with van der Waals surface area (Å²) < 4.78 is 549. The van der Waals surface area contributed by atoms with Gasteiger partial charge in [-0.05, 0) is 301 Å². The molecule has 12 aromatic rings. The fourth-order valence-electron chi connectivity index (χ4n) is 12.3. The number of likely N-dealkylation sites (N-methyl/N-ethyl adjacent to an activating group) is 6. The summed E-state index contributed by atoms with van der Waals surface area (Å²) >= 11 is 0. The normalized spacial score (nSPS) is 33.5. The number of carbonyl (C=O) groups is 6. The largest absolute Gasteiger partial charge is 0.447 e. The minimum absolute atomic E-state index is 0.00316. The van der Waals surface area contributed by atoms with Gasteiger partial charge in [0.1, 0.15) is 39.4 Å². The zero-order valence-corrected chi connectivity index (χ0v) is 67.8. The van der Waals surface area contributed by atoms with E-state index in [4.69, 9.17) is 91.0 Å². The summed E-state index contributed by atoms with van der Waals surface area (Å²) in [7, 11) is 8.83. The van der Waals surface area contributed by atoms with E-state index in [9.17, 15) is 28.8 Å². The molecule has 6 aromatic carbocycles. The second-order valence-corrected chi connectivity index (χ2v) is 28.2. The number of aryl methyl sites for hydroxylation is 3. The van der Waals surface area contributed by atoms with Gasteiger partial charge < -0.3 is 120 Å². The maximum atomic E-state index is 11.7. The number of aromatic amines is 6. The Kier molecular flexibility index (Phi) is 13.7. The monoisotopic (exact) mass is 1790 g/mol. The van der Waals surface area contributed by atoms with Gasteiger partial charge in [-0.1, -0.05) is 36.4 Å². The SMILES string of the molecule is [2H]c1c(C([2H])([2H])CN(C([2H])([2H])[2H])C([2H])([2H])[2H])c2cc(C[C@]3([2H])N([2H])C(=O)OC3([2H])[2H])ccc2n1[2H].[2H]c1c(C([2H])([2H])CN(C)C([2H])([2H])[2H])c2cc(C[C@]3([2H])N([2H])C(=O)OC3([2H])[2H])ccc2n1[2H].[2H]c1c(C([2H])([2H])CN(C)C)c2cc(C[C@]3([2H])N([2H])C(=O)OC3([2H])[2H])ccc2n1[2H].[2H]c1c(CC([2H])([2H])N(C([2H])([2H])[2H])C([2H])([2H])[2H])c2cc(C[C@]3([2H])N([2H])C(=O)OC3([2H])[2H])ccc2n1[2H].[2H]c1c(CC([2H])([2H])N(C)C([2H])([2H])[2H])c2cc(C[C@]3([2H])N([2H])C(=O)OC3([2H])[2H])ccc2n1[2H].[2H]c1c(CC([2H])([2H])N(C)C)c2cc(C[C@]3([2H])N([2H])C(=O)OC3([2H])[2H])ccc2n1[2H]. The number of fused-ring (bicyclic) bond motifs is 6. The minimum Gasteiger partial charge on any atom is -0.447 e. The molecule has 30 heteroatoms. The number of benzene rings is 6. The van der Waals surface area contributed by atoms with Crippen molar-refractivity contribution in [3.63, 3.8) is 0 Å². The summed E-state index contributed by atoms with van der Waals surface area (Å²) in [5, 5.41) is 1.65. The molecular weight excluding hydrogens is 1600 g/mol. The standard InChI is InChI=1S/6C16H21N3O2/c6*1-19(2)6-5-12-9-17-15-4-3-11(8-14(12)15)7-13-10-21-16(20)18-13/h6*3-4,8-9,13,17H,5-7,10H2,1-2H3,(H,18,20)/t6*13-/m000000/s1/i1D3,2D3,6D2,9D,10D2,13D;1D3,2D3,5D2,9D,10D2,13D;1D3,6D2,9D,10D2,13D;1D3,5D2,9D,10D2,13D;6D2,9D,10D2,13D;5D2,9D,10D2,13D/hD12. The molecule has 6 atom stereocenters. The van der Waals surface area contributed by atoms with Gasteiger partial charge in [0.15, 0.2) is 16.9 Å². The van der Waals surface area contributed by atoms with Gasteiger partial charge in [0, 0.05) is 183 Å². The van der Waals surface area contributed by atoms with Crippen molar-refractivity contribution < 1.29 is 148 Å². The van der Waals surface area contributed by atoms with E-state index < -0.39 is 275 Å². The third kappa shape index (κ3) is 26.5. The number of hydrogen-bond donors (Lipinski definition) is 12. The number of H-pyrrole nitrogens is 6. The minimum atomic E-state index is -3.35. The third-order valence-corrected chi connectivity index (χ3v) is 18.0. The Labute approximate surface area is 830 Å². The summed E-state index contributed by atoms with van der Waals surface area (Å²) in [5.41, 5.74) is 2.15. The quantitative estimate of drug-likeness (QED) is 0.0186. The smallest absolute Gasteiger partial charge is 0.407 e. The lowest BCUT2D eigenvalue weighted by Gasteiger charge is -2.09. The van der Waals surface area contributed by atoms with E-state index in [1.807, 2.05) is 0 Å².